The lowest BCUT2D eigenvalue weighted by molar-refractivity contribution is -0.148. The van der Waals surface area contributed by atoms with Crippen molar-refractivity contribution < 1.29 is 19.1 Å². The van der Waals surface area contributed by atoms with Gasteiger partial charge in [-0.05, 0) is 56.3 Å². The van der Waals surface area contributed by atoms with Crippen LogP contribution < -0.4 is 5.32 Å². The molecule has 0 aliphatic heterocycles. The summed E-state index contributed by atoms with van der Waals surface area (Å²) in [5, 5.41) is 2.88. The number of carbonyl (C=O) groups is 3. The minimum Gasteiger partial charge on any atom is -0.449 e. The second-order valence-corrected chi connectivity index (χ2v) is 6.61. The molecule has 1 N–H and O–H groups in total. The highest BCUT2D eigenvalue weighted by Gasteiger charge is 2.17. The number of anilines is 1. The maximum absolute atomic E-state index is 12.2. The number of amides is 1. The zero-order valence-electron chi connectivity index (χ0n) is 15.8. The molecule has 0 radical (unpaired) electrons. The van der Waals surface area contributed by atoms with E-state index in [2.05, 4.69) is 10.3 Å². The van der Waals surface area contributed by atoms with E-state index in [-0.39, 0.29) is 10.9 Å². The van der Waals surface area contributed by atoms with Crippen LogP contribution in [0.15, 0.2) is 54.7 Å². The molecule has 7 nitrogen and oxygen atoms in total. The van der Waals surface area contributed by atoms with Gasteiger partial charge < -0.3 is 10.1 Å². The number of nitrogens with one attached hydrogen (secondary N) is 1. The normalized spacial score (nSPS) is 12.1. The maximum Gasteiger partial charge on any atom is 0.331 e. The van der Waals surface area contributed by atoms with Crippen molar-refractivity contribution in [3.05, 3.63) is 71.1 Å². The van der Waals surface area contributed by atoms with Crippen LogP contribution in [0.5, 0.6) is 0 Å². The van der Waals surface area contributed by atoms with Crippen LogP contribution in [0.4, 0.5) is 5.69 Å². The molecule has 2 aromatic heterocycles. The molecule has 0 saturated heterocycles. The molecule has 1 atom stereocenters. The van der Waals surface area contributed by atoms with E-state index in [1.54, 1.807) is 40.9 Å². The number of fused-ring (bicyclic) bond motifs is 1. The fourth-order valence-corrected chi connectivity index (χ4v) is 2.82. The lowest BCUT2D eigenvalue weighted by Gasteiger charge is -2.12. The zero-order chi connectivity index (χ0) is 21.0. The fourth-order valence-electron chi connectivity index (χ4n) is 2.58. The molecule has 3 rings (SSSR count). The van der Waals surface area contributed by atoms with Gasteiger partial charge in [0.2, 0.25) is 0 Å². The van der Waals surface area contributed by atoms with E-state index >= 15 is 0 Å². The van der Waals surface area contributed by atoms with Gasteiger partial charge in [-0.25, -0.2) is 9.78 Å². The summed E-state index contributed by atoms with van der Waals surface area (Å²) in [6, 6.07) is 11.9. The Bertz CT molecular complexity index is 1100. The maximum atomic E-state index is 12.2. The monoisotopic (exact) mass is 411 g/mol. The average molecular weight is 412 g/mol. The van der Waals surface area contributed by atoms with E-state index in [1.165, 1.54) is 26.0 Å². The Kier molecular flexibility index (Phi) is 6.09. The average Bonchev–Trinajstić information content (AvgIpc) is 3.01. The number of ketones is 1. The third-order valence-electron chi connectivity index (χ3n) is 4.12. The van der Waals surface area contributed by atoms with Crippen molar-refractivity contribution in [2.45, 2.75) is 20.0 Å². The zero-order valence-corrected chi connectivity index (χ0v) is 16.5. The molecule has 148 valence electrons. The van der Waals surface area contributed by atoms with Gasteiger partial charge in [-0.2, -0.15) is 0 Å². The molecule has 1 aromatic carbocycles. The van der Waals surface area contributed by atoms with E-state index in [1.807, 2.05) is 12.1 Å². The number of Topliss-reactive ketones (excluding diaryl/α,β-unsaturated/α-hetero) is 1. The smallest absolute Gasteiger partial charge is 0.331 e. The van der Waals surface area contributed by atoms with Crippen molar-refractivity contribution in [1.82, 2.24) is 9.38 Å². The number of halogens is 1. The van der Waals surface area contributed by atoms with Crippen LogP contribution in [0.1, 0.15) is 29.9 Å². The van der Waals surface area contributed by atoms with Crippen molar-refractivity contribution in [2.75, 3.05) is 5.32 Å². The highest BCUT2D eigenvalue weighted by Crippen LogP contribution is 2.19. The number of aromatic nitrogens is 2. The molecule has 0 saturated carbocycles. The number of esters is 1. The first-order valence-corrected chi connectivity index (χ1v) is 9.16. The third kappa shape index (κ3) is 4.89. The van der Waals surface area contributed by atoms with E-state index in [0.29, 0.717) is 22.6 Å². The SMILES string of the molecule is CC(=O)c1ccc(NC(=O)[C@H](C)OC(=O)/C=C/c2c(Cl)nc3ccccn23)cc1. The van der Waals surface area contributed by atoms with Gasteiger partial charge >= 0.3 is 5.97 Å². The van der Waals surface area contributed by atoms with Gasteiger partial charge in [0.1, 0.15) is 5.65 Å². The second-order valence-electron chi connectivity index (χ2n) is 6.25. The molecule has 0 aliphatic rings. The number of hydrogen-bond acceptors (Lipinski definition) is 5. The molecular formula is C21H18ClN3O4. The Balaban J connectivity index is 1.60. The number of hydrogen-bond donors (Lipinski definition) is 1. The lowest BCUT2D eigenvalue weighted by Crippen LogP contribution is -2.29. The summed E-state index contributed by atoms with van der Waals surface area (Å²) in [5.74, 6) is -1.25. The highest BCUT2D eigenvalue weighted by molar-refractivity contribution is 6.31. The number of pyridine rings is 1. The van der Waals surface area contributed by atoms with E-state index < -0.39 is 18.0 Å². The van der Waals surface area contributed by atoms with Gasteiger partial charge in [-0.1, -0.05) is 17.7 Å². The minimum absolute atomic E-state index is 0.0666. The predicted octanol–water partition coefficient (Wildman–Crippen LogP) is 3.77. The molecule has 2 heterocycles. The molecule has 0 fully saturated rings. The topological polar surface area (TPSA) is 89.8 Å². The first-order chi connectivity index (χ1) is 13.8. The van der Waals surface area contributed by atoms with Gasteiger partial charge in [-0.3, -0.25) is 14.0 Å². The molecule has 3 aromatic rings. The van der Waals surface area contributed by atoms with Crippen LogP contribution in [0, 0.1) is 0 Å². The Morgan fingerprint density at radius 2 is 1.90 bits per heavy atom. The van der Waals surface area contributed by atoms with Crippen LogP contribution in [0.25, 0.3) is 11.7 Å². The van der Waals surface area contributed by atoms with Gasteiger partial charge in [0.25, 0.3) is 5.91 Å². The summed E-state index contributed by atoms with van der Waals surface area (Å²) in [6.45, 7) is 2.93. The largest absolute Gasteiger partial charge is 0.449 e. The molecule has 0 bridgehead atoms. The van der Waals surface area contributed by atoms with Crippen LogP contribution in [-0.2, 0) is 14.3 Å². The van der Waals surface area contributed by atoms with Crippen LogP contribution >= 0.6 is 11.6 Å². The van der Waals surface area contributed by atoms with Gasteiger partial charge in [0.05, 0.1) is 5.69 Å². The van der Waals surface area contributed by atoms with Gasteiger partial charge in [0.15, 0.2) is 17.0 Å². The van der Waals surface area contributed by atoms with E-state index in [0.717, 1.165) is 0 Å². The summed E-state index contributed by atoms with van der Waals surface area (Å²) in [5.41, 5.74) is 2.21. The Labute approximate surface area is 172 Å². The molecule has 0 unspecified atom stereocenters. The number of carbonyl (C=O) groups excluding carboxylic acids is 3. The first kappa shape index (κ1) is 20.3. The quantitative estimate of drug-likeness (QED) is 0.379. The van der Waals surface area contributed by atoms with Crippen molar-refractivity contribution in [3.63, 3.8) is 0 Å². The molecule has 1 amide bonds. The van der Waals surface area contributed by atoms with Gasteiger partial charge in [-0.15, -0.1) is 0 Å². The van der Waals surface area contributed by atoms with E-state index in [9.17, 15) is 14.4 Å². The van der Waals surface area contributed by atoms with Crippen LogP contribution in [0.2, 0.25) is 5.15 Å². The number of benzene rings is 1. The van der Waals surface area contributed by atoms with Gasteiger partial charge in [0, 0.05) is 23.5 Å². The summed E-state index contributed by atoms with van der Waals surface area (Å²) in [7, 11) is 0. The second kappa shape index (κ2) is 8.70. The summed E-state index contributed by atoms with van der Waals surface area (Å²) in [4.78, 5) is 39.8. The van der Waals surface area contributed by atoms with E-state index in [4.69, 9.17) is 16.3 Å². The van der Waals surface area contributed by atoms with Crippen molar-refractivity contribution in [1.29, 1.82) is 0 Å². The van der Waals surface area contributed by atoms with Crippen LogP contribution in [-0.4, -0.2) is 33.1 Å². The highest BCUT2D eigenvalue weighted by atomic mass is 35.5. The fraction of sp³-hybridized carbons (Fsp3) is 0.143. The molecule has 0 spiro atoms. The first-order valence-electron chi connectivity index (χ1n) is 8.78. The molecule has 29 heavy (non-hydrogen) atoms. The van der Waals surface area contributed by atoms with Crippen molar-refractivity contribution in [3.8, 4) is 0 Å². The van der Waals surface area contributed by atoms with Crippen molar-refractivity contribution >= 4 is 46.7 Å². The Morgan fingerprint density at radius 1 is 1.17 bits per heavy atom. The Hall–Kier alpha value is -3.45. The van der Waals surface area contributed by atoms with Crippen molar-refractivity contribution in [2.24, 2.45) is 0 Å². The van der Waals surface area contributed by atoms with Crippen LogP contribution in [0.3, 0.4) is 0 Å². The Morgan fingerprint density at radius 3 is 2.59 bits per heavy atom. The molecule has 0 aliphatic carbocycles. The molecule has 8 heteroatoms. The summed E-state index contributed by atoms with van der Waals surface area (Å²) >= 11 is 6.11. The minimum atomic E-state index is -1.02. The predicted molar refractivity (Wildman–Crippen MR) is 110 cm³/mol. The number of ether oxygens (including phenoxy) is 1. The number of nitrogens with zero attached hydrogens (tertiary/aromatic N) is 2. The standard InChI is InChI=1S/C21H18ClN3O4/c1-13(26)15-6-8-16(9-7-15)23-21(28)14(2)29-19(27)11-10-17-20(22)24-18-5-3-4-12-25(17)18/h3-12,14H,1-2H3,(H,23,28)/b11-10+/t14-/m0/s1. The number of rotatable bonds is 6. The summed E-state index contributed by atoms with van der Waals surface area (Å²) < 4.78 is 6.86. The lowest BCUT2D eigenvalue weighted by atomic mass is 10.1. The number of imidazole rings is 1. The summed E-state index contributed by atoms with van der Waals surface area (Å²) in [6.07, 6.45) is 3.42. The molecular weight excluding hydrogens is 394 g/mol. The third-order valence-corrected chi connectivity index (χ3v) is 4.40.